The minimum atomic E-state index is 0.838. The third-order valence-corrected chi connectivity index (χ3v) is 4.77. The van der Waals surface area contributed by atoms with Crippen molar-refractivity contribution in [1.29, 1.82) is 0 Å². The Hall–Kier alpha value is -0.0800. The Labute approximate surface area is 99.8 Å². The Balaban J connectivity index is 1.36. The van der Waals surface area contributed by atoms with E-state index in [1.54, 1.807) is 0 Å². The number of hydrogen-bond donors (Lipinski definition) is 1. The van der Waals surface area contributed by atoms with Crippen molar-refractivity contribution in [1.82, 2.24) is 10.2 Å². The molecule has 1 N–H and O–H groups in total. The lowest BCUT2D eigenvalue weighted by molar-refractivity contribution is 0.309. The molecular weight excluding hydrogens is 196 g/mol. The molecule has 0 bridgehead atoms. The van der Waals surface area contributed by atoms with E-state index in [1.165, 1.54) is 58.2 Å². The Bertz CT molecular complexity index is 237. The van der Waals surface area contributed by atoms with Crippen molar-refractivity contribution in [2.45, 2.75) is 57.5 Å². The van der Waals surface area contributed by atoms with E-state index in [-0.39, 0.29) is 0 Å². The van der Waals surface area contributed by atoms with Gasteiger partial charge in [0.15, 0.2) is 0 Å². The molecule has 3 rings (SSSR count). The summed E-state index contributed by atoms with van der Waals surface area (Å²) in [7, 11) is 0. The van der Waals surface area contributed by atoms with Crippen molar-refractivity contribution in [2.75, 3.05) is 19.6 Å². The zero-order valence-corrected chi connectivity index (χ0v) is 10.6. The summed E-state index contributed by atoms with van der Waals surface area (Å²) in [5.74, 6) is 1.90. The lowest BCUT2D eigenvalue weighted by Gasteiger charge is -2.17. The summed E-state index contributed by atoms with van der Waals surface area (Å²) >= 11 is 0. The largest absolute Gasteiger partial charge is 0.314 e. The maximum Gasteiger partial charge on any atom is 0.00965 e. The van der Waals surface area contributed by atoms with Crippen LogP contribution in [0.2, 0.25) is 0 Å². The molecule has 1 saturated heterocycles. The van der Waals surface area contributed by atoms with E-state index in [4.69, 9.17) is 0 Å². The summed E-state index contributed by atoms with van der Waals surface area (Å²) in [5.41, 5.74) is 0. The monoisotopic (exact) mass is 222 g/mol. The molecule has 0 radical (unpaired) electrons. The molecule has 2 heteroatoms. The molecule has 0 aromatic rings. The van der Waals surface area contributed by atoms with E-state index in [0.717, 1.165) is 23.9 Å². The smallest absolute Gasteiger partial charge is 0.00965 e. The van der Waals surface area contributed by atoms with Gasteiger partial charge in [0.1, 0.15) is 0 Å². The van der Waals surface area contributed by atoms with Gasteiger partial charge in [-0.2, -0.15) is 0 Å². The standard InChI is InChI=1S/C14H26N2/c1-11-2-3-13(8-11)15-9-12-6-7-16(10-12)14-4-5-14/h11-15H,2-10H2,1H3. The highest BCUT2D eigenvalue weighted by atomic mass is 15.2. The molecule has 3 unspecified atom stereocenters. The predicted octanol–water partition coefficient (Wildman–Crippen LogP) is 2.25. The van der Waals surface area contributed by atoms with Gasteiger partial charge in [0.25, 0.3) is 0 Å². The first kappa shape index (κ1) is 11.0. The van der Waals surface area contributed by atoms with Crippen LogP contribution in [-0.2, 0) is 0 Å². The molecule has 0 aromatic carbocycles. The molecule has 0 aromatic heterocycles. The molecule has 16 heavy (non-hydrogen) atoms. The minimum Gasteiger partial charge on any atom is -0.314 e. The topological polar surface area (TPSA) is 15.3 Å². The second-order valence-electron chi connectivity index (χ2n) is 6.40. The lowest BCUT2D eigenvalue weighted by Crippen LogP contribution is -2.33. The Morgan fingerprint density at radius 2 is 2.00 bits per heavy atom. The van der Waals surface area contributed by atoms with Gasteiger partial charge in [-0.1, -0.05) is 6.92 Å². The van der Waals surface area contributed by atoms with Gasteiger partial charge < -0.3 is 10.2 Å². The van der Waals surface area contributed by atoms with Crippen LogP contribution in [0.4, 0.5) is 0 Å². The number of likely N-dealkylation sites (tertiary alicyclic amines) is 1. The molecule has 2 nitrogen and oxygen atoms in total. The molecule has 3 fully saturated rings. The molecule has 1 aliphatic heterocycles. The van der Waals surface area contributed by atoms with Crippen LogP contribution in [0.3, 0.4) is 0 Å². The average Bonchev–Trinajstić information content (AvgIpc) is 2.87. The molecule has 2 aliphatic carbocycles. The Morgan fingerprint density at radius 1 is 1.12 bits per heavy atom. The fraction of sp³-hybridized carbons (Fsp3) is 1.00. The quantitative estimate of drug-likeness (QED) is 0.785. The number of nitrogens with zero attached hydrogens (tertiary/aromatic N) is 1. The van der Waals surface area contributed by atoms with Crippen molar-refractivity contribution in [3.05, 3.63) is 0 Å². The summed E-state index contributed by atoms with van der Waals surface area (Å²) in [6.07, 6.45) is 8.65. The molecular formula is C14H26N2. The fourth-order valence-corrected chi connectivity index (χ4v) is 3.53. The molecule has 0 amide bonds. The van der Waals surface area contributed by atoms with Crippen LogP contribution in [0.15, 0.2) is 0 Å². The third kappa shape index (κ3) is 2.60. The predicted molar refractivity (Wildman–Crippen MR) is 67.5 cm³/mol. The van der Waals surface area contributed by atoms with Gasteiger partial charge in [0, 0.05) is 18.6 Å². The molecule has 3 aliphatic rings. The highest BCUT2D eigenvalue weighted by molar-refractivity contribution is 4.90. The van der Waals surface area contributed by atoms with Gasteiger partial charge in [-0.25, -0.2) is 0 Å². The first-order valence-corrected chi connectivity index (χ1v) is 7.28. The van der Waals surface area contributed by atoms with Crippen LogP contribution in [0, 0.1) is 11.8 Å². The summed E-state index contributed by atoms with van der Waals surface area (Å²) in [5, 5.41) is 3.81. The van der Waals surface area contributed by atoms with Crippen LogP contribution in [0.5, 0.6) is 0 Å². The molecule has 1 heterocycles. The zero-order chi connectivity index (χ0) is 11.0. The number of rotatable bonds is 4. The molecule has 2 saturated carbocycles. The van der Waals surface area contributed by atoms with Crippen LogP contribution < -0.4 is 5.32 Å². The van der Waals surface area contributed by atoms with Crippen LogP contribution >= 0.6 is 0 Å². The van der Waals surface area contributed by atoms with Crippen molar-refractivity contribution >= 4 is 0 Å². The molecule has 3 atom stereocenters. The molecule has 0 spiro atoms. The van der Waals surface area contributed by atoms with E-state index in [2.05, 4.69) is 17.1 Å². The van der Waals surface area contributed by atoms with Crippen molar-refractivity contribution in [3.63, 3.8) is 0 Å². The van der Waals surface area contributed by atoms with Gasteiger partial charge in [0.05, 0.1) is 0 Å². The highest BCUT2D eigenvalue weighted by Gasteiger charge is 2.34. The first-order valence-electron chi connectivity index (χ1n) is 7.28. The van der Waals surface area contributed by atoms with Gasteiger partial charge >= 0.3 is 0 Å². The maximum atomic E-state index is 3.81. The van der Waals surface area contributed by atoms with Crippen molar-refractivity contribution < 1.29 is 0 Å². The third-order valence-electron chi connectivity index (χ3n) is 4.77. The van der Waals surface area contributed by atoms with Crippen molar-refractivity contribution in [2.24, 2.45) is 11.8 Å². The Kier molecular flexibility index (Phi) is 3.21. The van der Waals surface area contributed by atoms with Gasteiger partial charge in [-0.3, -0.25) is 0 Å². The second-order valence-corrected chi connectivity index (χ2v) is 6.40. The fourth-order valence-electron chi connectivity index (χ4n) is 3.53. The highest BCUT2D eigenvalue weighted by Crippen LogP contribution is 2.31. The van der Waals surface area contributed by atoms with E-state index >= 15 is 0 Å². The van der Waals surface area contributed by atoms with Crippen LogP contribution in [-0.4, -0.2) is 36.6 Å². The zero-order valence-electron chi connectivity index (χ0n) is 10.6. The second kappa shape index (κ2) is 4.66. The maximum absolute atomic E-state index is 3.81. The van der Waals surface area contributed by atoms with E-state index in [0.29, 0.717) is 0 Å². The normalized spacial score (nSPS) is 40.7. The van der Waals surface area contributed by atoms with Crippen LogP contribution in [0.25, 0.3) is 0 Å². The van der Waals surface area contributed by atoms with E-state index in [9.17, 15) is 0 Å². The number of hydrogen-bond acceptors (Lipinski definition) is 2. The van der Waals surface area contributed by atoms with Gasteiger partial charge in [-0.05, 0) is 63.5 Å². The van der Waals surface area contributed by atoms with Crippen molar-refractivity contribution in [3.8, 4) is 0 Å². The minimum absolute atomic E-state index is 0.838. The van der Waals surface area contributed by atoms with E-state index in [1.807, 2.05) is 0 Å². The summed E-state index contributed by atoms with van der Waals surface area (Å²) in [4.78, 5) is 2.73. The first-order chi connectivity index (χ1) is 7.81. The summed E-state index contributed by atoms with van der Waals surface area (Å²) in [6.45, 7) is 6.42. The van der Waals surface area contributed by atoms with Crippen LogP contribution in [0.1, 0.15) is 45.4 Å². The van der Waals surface area contributed by atoms with Gasteiger partial charge in [0.2, 0.25) is 0 Å². The Morgan fingerprint density at radius 3 is 2.69 bits per heavy atom. The molecule has 92 valence electrons. The average molecular weight is 222 g/mol. The summed E-state index contributed by atoms with van der Waals surface area (Å²) < 4.78 is 0. The van der Waals surface area contributed by atoms with Gasteiger partial charge in [-0.15, -0.1) is 0 Å². The van der Waals surface area contributed by atoms with E-state index < -0.39 is 0 Å². The number of nitrogens with one attached hydrogen (secondary N) is 1. The SMILES string of the molecule is CC1CCC(NCC2CCN(C3CC3)C2)C1. The lowest BCUT2D eigenvalue weighted by atomic mass is 10.1. The summed E-state index contributed by atoms with van der Waals surface area (Å²) in [6, 6.07) is 1.82.